The molecule has 0 aliphatic carbocycles. The number of anilines is 1. The first-order valence-electron chi connectivity index (χ1n) is 6.53. The topological polar surface area (TPSA) is 107 Å². The van der Waals surface area contributed by atoms with Crippen molar-refractivity contribution >= 4 is 21.4 Å². The molecule has 2 aromatic rings. The van der Waals surface area contributed by atoms with Crippen LogP contribution in [0, 0.1) is 17.0 Å². The van der Waals surface area contributed by atoms with Gasteiger partial charge in [0.2, 0.25) is 0 Å². The molecule has 0 aliphatic heterocycles. The minimum atomic E-state index is -3.85. The summed E-state index contributed by atoms with van der Waals surface area (Å²) in [4.78, 5) is 10.4. The molecular formula is C13H16N4O4S. The number of hydrogen-bond acceptors (Lipinski definition) is 5. The molecule has 1 aromatic carbocycles. The zero-order valence-electron chi connectivity index (χ0n) is 12.3. The molecule has 8 nitrogen and oxygen atoms in total. The molecule has 0 bridgehead atoms. The second-order valence-electron chi connectivity index (χ2n) is 5.06. The lowest BCUT2D eigenvalue weighted by Gasteiger charge is -2.09. The van der Waals surface area contributed by atoms with Crippen molar-refractivity contribution in [3.8, 4) is 0 Å². The zero-order valence-corrected chi connectivity index (χ0v) is 13.2. The third-order valence-electron chi connectivity index (χ3n) is 3.16. The van der Waals surface area contributed by atoms with Crippen molar-refractivity contribution in [2.75, 3.05) is 4.72 Å². The SMILES string of the molecule is Cc1c(NS(=O)(=O)c2cnn(C(C)C)c2)cccc1[N+](=O)[O-]. The van der Waals surface area contributed by atoms with Gasteiger partial charge in [0.25, 0.3) is 15.7 Å². The summed E-state index contributed by atoms with van der Waals surface area (Å²) in [6.07, 6.45) is 2.66. The van der Waals surface area contributed by atoms with Crippen LogP contribution in [-0.4, -0.2) is 23.1 Å². The van der Waals surface area contributed by atoms with Crippen molar-refractivity contribution in [1.29, 1.82) is 0 Å². The summed E-state index contributed by atoms with van der Waals surface area (Å²) in [6.45, 7) is 5.25. The lowest BCUT2D eigenvalue weighted by molar-refractivity contribution is -0.385. The monoisotopic (exact) mass is 324 g/mol. The van der Waals surface area contributed by atoms with Gasteiger partial charge in [0, 0.05) is 18.3 Å². The third kappa shape index (κ3) is 3.08. The average molecular weight is 324 g/mol. The number of benzene rings is 1. The van der Waals surface area contributed by atoms with Gasteiger partial charge in [-0.2, -0.15) is 5.10 Å². The Hall–Kier alpha value is -2.42. The van der Waals surface area contributed by atoms with Gasteiger partial charge >= 0.3 is 0 Å². The first-order valence-corrected chi connectivity index (χ1v) is 8.01. The highest BCUT2D eigenvalue weighted by molar-refractivity contribution is 7.92. The number of nitrogens with zero attached hydrogens (tertiary/aromatic N) is 3. The Morgan fingerprint density at radius 1 is 1.36 bits per heavy atom. The van der Waals surface area contributed by atoms with Crippen LogP contribution >= 0.6 is 0 Å². The molecule has 0 atom stereocenters. The van der Waals surface area contributed by atoms with Gasteiger partial charge in [-0.15, -0.1) is 0 Å². The molecule has 22 heavy (non-hydrogen) atoms. The van der Waals surface area contributed by atoms with E-state index in [-0.39, 0.29) is 27.9 Å². The second-order valence-corrected chi connectivity index (χ2v) is 6.74. The van der Waals surface area contributed by atoms with Crippen LogP contribution in [-0.2, 0) is 10.0 Å². The van der Waals surface area contributed by atoms with E-state index in [4.69, 9.17) is 0 Å². The highest BCUT2D eigenvalue weighted by Gasteiger charge is 2.21. The Bertz CT molecular complexity index is 811. The average Bonchev–Trinajstić information content (AvgIpc) is 2.91. The van der Waals surface area contributed by atoms with Crippen LogP contribution in [0.1, 0.15) is 25.5 Å². The molecule has 1 N–H and O–H groups in total. The molecule has 1 aromatic heterocycles. The Morgan fingerprint density at radius 2 is 2.05 bits per heavy atom. The first-order chi connectivity index (χ1) is 10.2. The molecule has 2 rings (SSSR count). The van der Waals surface area contributed by atoms with Gasteiger partial charge in [-0.05, 0) is 26.8 Å². The largest absolute Gasteiger partial charge is 0.279 e. The van der Waals surface area contributed by atoms with Crippen molar-refractivity contribution in [2.45, 2.75) is 31.7 Å². The molecule has 0 amide bonds. The van der Waals surface area contributed by atoms with E-state index in [1.54, 1.807) is 0 Å². The molecule has 0 aliphatic rings. The van der Waals surface area contributed by atoms with Gasteiger partial charge in [-0.1, -0.05) is 6.07 Å². The van der Waals surface area contributed by atoms with Crippen LogP contribution in [0.15, 0.2) is 35.5 Å². The van der Waals surface area contributed by atoms with Crippen LogP contribution in [0.25, 0.3) is 0 Å². The maximum Gasteiger partial charge on any atom is 0.274 e. The molecule has 0 radical (unpaired) electrons. The molecule has 0 unspecified atom stereocenters. The highest BCUT2D eigenvalue weighted by atomic mass is 32.2. The van der Waals surface area contributed by atoms with Crippen LogP contribution < -0.4 is 4.72 Å². The number of aromatic nitrogens is 2. The number of rotatable bonds is 5. The second kappa shape index (κ2) is 5.76. The van der Waals surface area contributed by atoms with Gasteiger partial charge in [0.05, 0.1) is 22.4 Å². The fraction of sp³-hybridized carbons (Fsp3) is 0.308. The minimum Gasteiger partial charge on any atom is -0.279 e. The van der Waals surface area contributed by atoms with E-state index in [2.05, 4.69) is 9.82 Å². The van der Waals surface area contributed by atoms with Crippen LogP contribution in [0.2, 0.25) is 0 Å². The Kier molecular flexibility index (Phi) is 4.18. The van der Waals surface area contributed by atoms with E-state index >= 15 is 0 Å². The zero-order chi connectivity index (χ0) is 16.5. The summed E-state index contributed by atoms with van der Waals surface area (Å²) < 4.78 is 28.6. The summed E-state index contributed by atoms with van der Waals surface area (Å²) >= 11 is 0. The molecule has 9 heteroatoms. The standard InChI is InChI=1S/C13H16N4O4S/c1-9(2)16-8-11(7-14-16)22(20,21)15-12-5-4-6-13(10(12)3)17(18)19/h4-9,15H,1-3H3. The van der Waals surface area contributed by atoms with E-state index < -0.39 is 14.9 Å². The van der Waals surface area contributed by atoms with Gasteiger partial charge in [0.15, 0.2) is 0 Å². The van der Waals surface area contributed by atoms with Crippen molar-refractivity contribution < 1.29 is 13.3 Å². The molecule has 0 spiro atoms. The van der Waals surface area contributed by atoms with Gasteiger partial charge in [0.1, 0.15) is 4.90 Å². The van der Waals surface area contributed by atoms with Crippen molar-refractivity contribution in [2.24, 2.45) is 0 Å². The fourth-order valence-corrected chi connectivity index (χ4v) is 2.94. The first kappa shape index (κ1) is 16.0. The maximum absolute atomic E-state index is 12.3. The van der Waals surface area contributed by atoms with E-state index in [0.29, 0.717) is 0 Å². The summed E-state index contributed by atoms with van der Waals surface area (Å²) in [7, 11) is -3.85. The van der Waals surface area contributed by atoms with Crippen LogP contribution in [0.4, 0.5) is 11.4 Å². The summed E-state index contributed by atoms with van der Waals surface area (Å²) in [6, 6.07) is 4.26. The smallest absolute Gasteiger partial charge is 0.274 e. The Morgan fingerprint density at radius 3 is 2.59 bits per heavy atom. The van der Waals surface area contributed by atoms with Gasteiger partial charge in [-0.25, -0.2) is 8.42 Å². The van der Waals surface area contributed by atoms with Gasteiger partial charge < -0.3 is 0 Å². The molecule has 0 saturated carbocycles. The van der Waals surface area contributed by atoms with E-state index in [1.807, 2.05) is 13.8 Å². The predicted molar refractivity (Wildman–Crippen MR) is 81.3 cm³/mol. The Labute approximate surface area is 128 Å². The van der Waals surface area contributed by atoms with E-state index in [0.717, 1.165) is 0 Å². The van der Waals surface area contributed by atoms with E-state index in [9.17, 15) is 18.5 Å². The van der Waals surface area contributed by atoms with Gasteiger partial charge in [-0.3, -0.25) is 19.5 Å². The van der Waals surface area contributed by atoms with Crippen molar-refractivity contribution in [3.05, 3.63) is 46.3 Å². The summed E-state index contributed by atoms with van der Waals surface area (Å²) in [5.41, 5.74) is 0.289. The van der Waals surface area contributed by atoms with Crippen LogP contribution in [0.5, 0.6) is 0 Å². The maximum atomic E-state index is 12.3. The molecule has 118 valence electrons. The lowest BCUT2D eigenvalue weighted by Crippen LogP contribution is -2.13. The number of nitro groups is 1. The predicted octanol–water partition coefficient (Wildman–Crippen LogP) is 2.48. The Balaban J connectivity index is 2.36. The normalized spacial score (nSPS) is 11.6. The fourth-order valence-electron chi connectivity index (χ4n) is 1.88. The van der Waals surface area contributed by atoms with Crippen LogP contribution in [0.3, 0.4) is 0 Å². The summed E-state index contributed by atoms with van der Waals surface area (Å²) in [5, 5.41) is 14.9. The molecule has 1 heterocycles. The molecule has 0 saturated heterocycles. The number of nitro benzene ring substituents is 1. The third-order valence-corrected chi connectivity index (χ3v) is 4.48. The van der Waals surface area contributed by atoms with E-state index in [1.165, 1.54) is 42.2 Å². The summed E-state index contributed by atoms with van der Waals surface area (Å²) in [5.74, 6) is 0. The minimum absolute atomic E-state index is 0.00658. The number of sulfonamides is 1. The lowest BCUT2D eigenvalue weighted by atomic mass is 10.2. The highest BCUT2D eigenvalue weighted by Crippen LogP contribution is 2.27. The quantitative estimate of drug-likeness (QED) is 0.671. The number of nitrogens with one attached hydrogen (secondary N) is 1. The number of hydrogen-bond donors (Lipinski definition) is 1. The molecular weight excluding hydrogens is 308 g/mol. The molecule has 0 fully saturated rings. The van der Waals surface area contributed by atoms with Crippen molar-refractivity contribution in [3.63, 3.8) is 0 Å². The van der Waals surface area contributed by atoms with Crippen molar-refractivity contribution in [1.82, 2.24) is 9.78 Å².